The molecule has 25 heavy (non-hydrogen) atoms. The number of hydrogen-bond acceptors (Lipinski definition) is 3. The number of ether oxygens (including phenoxy) is 1. The van der Waals surface area contributed by atoms with E-state index in [2.05, 4.69) is 5.32 Å². The lowest BCUT2D eigenvalue weighted by molar-refractivity contribution is -0.147. The first-order valence-electron chi connectivity index (χ1n) is 8.18. The van der Waals surface area contributed by atoms with Gasteiger partial charge in [0.2, 0.25) is 0 Å². The van der Waals surface area contributed by atoms with Crippen LogP contribution in [0.1, 0.15) is 47.8 Å². The first-order valence-corrected chi connectivity index (χ1v) is 8.18. The van der Waals surface area contributed by atoms with E-state index in [1.807, 2.05) is 31.2 Å². The Balaban J connectivity index is 2.22. The van der Waals surface area contributed by atoms with Gasteiger partial charge in [-0.15, -0.1) is 0 Å². The lowest BCUT2D eigenvalue weighted by Crippen LogP contribution is -2.31. The third kappa shape index (κ3) is 5.41. The van der Waals surface area contributed by atoms with Crippen LogP contribution in [0.5, 0.6) is 0 Å². The van der Waals surface area contributed by atoms with Gasteiger partial charge in [0.25, 0.3) is 5.91 Å². The number of esters is 1. The van der Waals surface area contributed by atoms with E-state index in [1.165, 1.54) is 18.2 Å². The van der Waals surface area contributed by atoms with Crippen LogP contribution >= 0.6 is 0 Å². The molecule has 1 atom stereocenters. The van der Waals surface area contributed by atoms with Crippen LogP contribution in [-0.4, -0.2) is 18.0 Å². The van der Waals surface area contributed by atoms with Gasteiger partial charge >= 0.3 is 5.97 Å². The molecule has 5 heteroatoms. The quantitative estimate of drug-likeness (QED) is 0.808. The summed E-state index contributed by atoms with van der Waals surface area (Å²) < 4.78 is 19.0. The van der Waals surface area contributed by atoms with Crippen molar-refractivity contribution in [1.29, 1.82) is 0 Å². The van der Waals surface area contributed by atoms with Crippen molar-refractivity contribution in [2.45, 2.75) is 39.3 Å². The van der Waals surface area contributed by atoms with Crippen LogP contribution in [0.25, 0.3) is 0 Å². The van der Waals surface area contributed by atoms with Gasteiger partial charge in [-0.3, -0.25) is 9.59 Å². The molecular formula is C20H22FNO3. The fourth-order valence-corrected chi connectivity index (χ4v) is 2.41. The van der Waals surface area contributed by atoms with E-state index in [9.17, 15) is 14.0 Å². The first-order chi connectivity index (χ1) is 11.9. The molecule has 132 valence electrons. The molecule has 0 spiro atoms. The third-order valence-electron chi connectivity index (χ3n) is 3.64. The van der Waals surface area contributed by atoms with Crippen LogP contribution in [0.3, 0.4) is 0 Å². The molecule has 0 aliphatic heterocycles. The normalized spacial score (nSPS) is 11.9. The van der Waals surface area contributed by atoms with Gasteiger partial charge in [-0.1, -0.05) is 42.0 Å². The lowest BCUT2D eigenvalue weighted by Gasteiger charge is -2.20. The number of carbonyl (C=O) groups is 2. The summed E-state index contributed by atoms with van der Waals surface area (Å²) in [6.45, 7) is 5.47. The first kappa shape index (κ1) is 18.6. The summed E-state index contributed by atoms with van der Waals surface area (Å²) >= 11 is 0. The Morgan fingerprint density at radius 3 is 2.32 bits per heavy atom. The molecule has 2 aromatic rings. The van der Waals surface area contributed by atoms with Gasteiger partial charge in [0.15, 0.2) is 0 Å². The van der Waals surface area contributed by atoms with Crippen LogP contribution in [-0.2, 0) is 9.53 Å². The molecule has 1 N–H and O–H groups in total. The van der Waals surface area contributed by atoms with Crippen LogP contribution in [0.15, 0.2) is 48.5 Å². The molecule has 2 aromatic carbocycles. The van der Waals surface area contributed by atoms with Gasteiger partial charge in [-0.2, -0.15) is 0 Å². The molecular weight excluding hydrogens is 321 g/mol. The SMILES string of the molecule is Cc1ccc(C(CC(=O)OC(C)C)NC(=O)c2ccccc2F)cc1. The van der Waals surface area contributed by atoms with Crippen molar-refractivity contribution in [2.75, 3.05) is 0 Å². The highest BCUT2D eigenvalue weighted by atomic mass is 19.1. The van der Waals surface area contributed by atoms with Crippen LogP contribution in [0, 0.1) is 12.7 Å². The predicted octanol–water partition coefficient (Wildman–Crippen LogP) is 3.95. The van der Waals surface area contributed by atoms with Gasteiger partial charge in [0, 0.05) is 0 Å². The number of nitrogens with one attached hydrogen (secondary N) is 1. The molecule has 0 aromatic heterocycles. The fraction of sp³-hybridized carbons (Fsp3) is 0.300. The summed E-state index contributed by atoms with van der Waals surface area (Å²) in [4.78, 5) is 24.5. The highest BCUT2D eigenvalue weighted by molar-refractivity contribution is 5.95. The van der Waals surface area contributed by atoms with Crippen LogP contribution in [0.2, 0.25) is 0 Å². The Morgan fingerprint density at radius 2 is 1.72 bits per heavy atom. The molecule has 0 aliphatic carbocycles. The van der Waals surface area contributed by atoms with Gasteiger partial charge < -0.3 is 10.1 Å². The molecule has 0 saturated heterocycles. The zero-order valence-electron chi connectivity index (χ0n) is 14.6. The smallest absolute Gasteiger partial charge is 0.308 e. The molecule has 2 rings (SSSR count). The van der Waals surface area contributed by atoms with Crippen LogP contribution in [0.4, 0.5) is 4.39 Å². The molecule has 0 bridgehead atoms. The van der Waals surface area contributed by atoms with E-state index in [0.717, 1.165) is 11.1 Å². The minimum atomic E-state index is -0.604. The molecule has 0 saturated carbocycles. The van der Waals surface area contributed by atoms with E-state index in [-0.39, 0.29) is 18.1 Å². The zero-order valence-corrected chi connectivity index (χ0v) is 14.6. The number of rotatable bonds is 6. The summed E-state index contributed by atoms with van der Waals surface area (Å²) in [5.41, 5.74) is 1.76. The second kappa shape index (κ2) is 8.42. The maximum absolute atomic E-state index is 13.8. The maximum Gasteiger partial charge on any atom is 0.308 e. The zero-order chi connectivity index (χ0) is 18.4. The Kier molecular flexibility index (Phi) is 6.28. The Hall–Kier alpha value is -2.69. The molecule has 1 unspecified atom stereocenters. The Labute approximate surface area is 147 Å². The van der Waals surface area contributed by atoms with E-state index in [0.29, 0.717) is 0 Å². The molecule has 0 aliphatic rings. The number of benzene rings is 2. The predicted molar refractivity (Wildman–Crippen MR) is 93.6 cm³/mol. The van der Waals surface area contributed by atoms with Crippen molar-refractivity contribution < 1.29 is 18.7 Å². The van der Waals surface area contributed by atoms with E-state index >= 15 is 0 Å². The summed E-state index contributed by atoms with van der Waals surface area (Å²) in [5, 5.41) is 2.73. The van der Waals surface area contributed by atoms with Crippen molar-refractivity contribution in [2.24, 2.45) is 0 Å². The molecule has 4 nitrogen and oxygen atoms in total. The molecule has 0 heterocycles. The highest BCUT2D eigenvalue weighted by Crippen LogP contribution is 2.20. The molecule has 0 radical (unpaired) electrons. The van der Waals surface area contributed by atoms with E-state index in [1.54, 1.807) is 19.9 Å². The minimum absolute atomic E-state index is 0.0264. The topological polar surface area (TPSA) is 55.4 Å². The second-order valence-electron chi connectivity index (χ2n) is 6.16. The summed E-state index contributed by atoms with van der Waals surface area (Å²) in [6.07, 6.45) is -0.269. The summed E-state index contributed by atoms with van der Waals surface area (Å²) in [7, 11) is 0. The van der Waals surface area contributed by atoms with Crippen LogP contribution < -0.4 is 5.32 Å². The average Bonchev–Trinajstić information content (AvgIpc) is 2.54. The fourth-order valence-electron chi connectivity index (χ4n) is 2.41. The van der Waals surface area contributed by atoms with Crippen molar-refractivity contribution >= 4 is 11.9 Å². The van der Waals surface area contributed by atoms with Gasteiger partial charge in [-0.25, -0.2) is 4.39 Å². The van der Waals surface area contributed by atoms with Crippen molar-refractivity contribution in [3.8, 4) is 0 Å². The van der Waals surface area contributed by atoms with Crippen molar-refractivity contribution in [1.82, 2.24) is 5.32 Å². The molecule has 0 fully saturated rings. The van der Waals surface area contributed by atoms with Crippen molar-refractivity contribution in [3.05, 3.63) is 71.0 Å². The number of amides is 1. The van der Waals surface area contributed by atoms with E-state index < -0.39 is 23.7 Å². The summed E-state index contributed by atoms with van der Waals surface area (Å²) in [5.74, 6) is -1.59. The van der Waals surface area contributed by atoms with Gasteiger partial charge in [0.1, 0.15) is 5.82 Å². The largest absolute Gasteiger partial charge is 0.463 e. The standard InChI is InChI=1S/C20H22FNO3/c1-13(2)25-19(23)12-18(15-10-8-14(3)9-11-15)22-20(24)16-6-4-5-7-17(16)21/h4-11,13,18H,12H2,1-3H3,(H,22,24). The lowest BCUT2D eigenvalue weighted by atomic mass is 10.0. The maximum atomic E-state index is 13.8. The molecule has 1 amide bonds. The second-order valence-corrected chi connectivity index (χ2v) is 6.16. The third-order valence-corrected chi connectivity index (χ3v) is 3.64. The average molecular weight is 343 g/mol. The minimum Gasteiger partial charge on any atom is -0.463 e. The number of halogens is 1. The Bertz CT molecular complexity index is 741. The summed E-state index contributed by atoms with van der Waals surface area (Å²) in [6, 6.07) is 12.6. The van der Waals surface area contributed by atoms with Gasteiger partial charge in [0.05, 0.1) is 24.1 Å². The van der Waals surface area contributed by atoms with Crippen molar-refractivity contribution in [3.63, 3.8) is 0 Å². The van der Waals surface area contributed by atoms with Gasteiger partial charge in [-0.05, 0) is 38.5 Å². The highest BCUT2D eigenvalue weighted by Gasteiger charge is 2.22. The number of carbonyl (C=O) groups excluding carboxylic acids is 2. The number of aryl methyl sites for hydroxylation is 1. The Morgan fingerprint density at radius 1 is 1.08 bits per heavy atom. The number of hydrogen-bond donors (Lipinski definition) is 1. The van der Waals surface area contributed by atoms with E-state index in [4.69, 9.17) is 4.74 Å². The monoisotopic (exact) mass is 343 g/mol.